The second kappa shape index (κ2) is 5.46. The lowest BCUT2D eigenvalue weighted by molar-refractivity contribution is -0.0580. The Morgan fingerprint density at radius 2 is 1.68 bits per heavy atom. The van der Waals surface area contributed by atoms with Crippen LogP contribution in [-0.2, 0) is 4.74 Å². The summed E-state index contributed by atoms with van der Waals surface area (Å²) in [6.07, 6.45) is 3.76. The predicted octanol–water partition coefficient (Wildman–Crippen LogP) is 4.24. The highest BCUT2D eigenvalue weighted by Crippen LogP contribution is 2.43. The van der Waals surface area contributed by atoms with Crippen LogP contribution < -0.4 is 0 Å². The van der Waals surface area contributed by atoms with E-state index in [4.69, 9.17) is 4.74 Å². The number of carbonyl (C=O) groups is 1. The van der Waals surface area contributed by atoms with E-state index in [1.54, 1.807) is 0 Å². The fourth-order valence-electron chi connectivity index (χ4n) is 2.90. The Bertz CT molecular complexity index is 424. The van der Waals surface area contributed by atoms with E-state index in [0.717, 1.165) is 31.2 Å². The molecule has 19 heavy (non-hydrogen) atoms. The first-order valence-electron chi connectivity index (χ1n) is 7.23. The summed E-state index contributed by atoms with van der Waals surface area (Å²) in [5.74, 6) is 0.158. The van der Waals surface area contributed by atoms with Crippen LogP contribution in [-0.4, -0.2) is 18.0 Å². The van der Waals surface area contributed by atoms with Crippen molar-refractivity contribution in [1.82, 2.24) is 0 Å². The largest absolute Gasteiger partial charge is 0.367 e. The lowest BCUT2D eigenvalue weighted by atomic mass is 9.68. The van der Waals surface area contributed by atoms with Gasteiger partial charge in [-0.3, -0.25) is 4.79 Å². The fraction of sp³-hybridized carbons (Fsp3) is 0.588. The minimum Gasteiger partial charge on any atom is -0.367 e. The minimum atomic E-state index is -0.592. The standard InChI is InChI=1S/C17H24O2/c1-4-19-17(12-10-16(2,3)11-13-17)15(18)14-8-6-5-7-9-14/h5-9H,4,10-13H2,1-3H3. The molecule has 104 valence electrons. The van der Waals surface area contributed by atoms with Gasteiger partial charge in [-0.05, 0) is 38.0 Å². The topological polar surface area (TPSA) is 26.3 Å². The van der Waals surface area contributed by atoms with Crippen molar-refractivity contribution in [3.05, 3.63) is 35.9 Å². The number of Topliss-reactive ketones (excluding diaryl/α,β-unsaturated/α-hetero) is 1. The molecule has 2 nitrogen and oxygen atoms in total. The van der Waals surface area contributed by atoms with Gasteiger partial charge in [-0.2, -0.15) is 0 Å². The van der Waals surface area contributed by atoms with E-state index in [0.29, 0.717) is 12.0 Å². The van der Waals surface area contributed by atoms with Crippen molar-refractivity contribution in [2.75, 3.05) is 6.61 Å². The van der Waals surface area contributed by atoms with Gasteiger partial charge in [-0.15, -0.1) is 0 Å². The summed E-state index contributed by atoms with van der Waals surface area (Å²) in [4.78, 5) is 12.8. The van der Waals surface area contributed by atoms with Crippen molar-refractivity contribution in [2.45, 2.75) is 52.1 Å². The number of hydrogen-bond acceptors (Lipinski definition) is 2. The summed E-state index contributed by atoms with van der Waals surface area (Å²) in [5, 5.41) is 0. The molecule has 0 saturated heterocycles. The van der Waals surface area contributed by atoms with Crippen LogP contribution in [0, 0.1) is 5.41 Å². The summed E-state index contributed by atoms with van der Waals surface area (Å²) in [5.41, 5.74) is 0.513. The Hall–Kier alpha value is -1.15. The van der Waals surface area contributed by atoms with Gasteiger partial charge in [0.15, 0.2) is 5.78 Å². The van der Waals surface area contributed by atoms with Crippen molar-refractivity contribution >= 4 is 5.78 Å². The highest BCUT2D eigenvalue weighted by Gasteiger charge is 2.44. The molecule has 0 unspecified atom stereocenters. The number of ether oxygens (including phenoxy) is 1. The highest BCUT2D eigenvalue weighted by molar-refractivity contribution is 6.02. The maximum Gasteiger partial charge on any atom is 0.194 e. The number of benzene rings is 1. The number of ketones is 1. The smallest absolute Gasteiger partial charge is 0.194 e. The van der Waals surface area contributed by atoms with Crippen LogP contribution in [0.4, 0.5) is 0 Å². The van der Waals surface area contributed by atoms with Gasteiger partial charge in [0.05, 0.1) is 0 Å². The summed E-state index contributed by atoms with van der Waals surface area (Å²) >= 11 is 0. The number of hydrogen-bond donors (Lipinski definition) is 0. The molecular formula is C17H24O2. The molecule has 0 aliphatic heterocycles. The summed E-state index contributed by atoms with van der Waals surface area (Å²) in [7, 11) is 0. The van der Waals surface area contributed by atoms with Crippen LogP contribution in [0.1, 0.15) is 56.8 Å². The lowest BCUT2D eigenvalue weighted by Gasteiger charge is -2.42. The molecule has 1 aliphatic carbocycles. The minimum absolute atomic E-state index is 0.158. The summed E-state index contributed by atoms with van der Waals surface area (Å²) in [6.45, 7) is 7.12. The van der Waals surface area contributed by atoms with Gasteiger partial charge in [-0.25, -0.2) is 0 Å². The van der Waals surface area contributed by atoms with Gasteiger partial charge in [-0.1, -0.05) is 44.2 Å². The molecule has 1 aromatic rings. The van der Waals surface area contributed by atoms with Crippen LogP contribution >= 0.6 is 0 Å². The van der Waals surface area contributed by atoms with Gasteiger partial charge < -0.3 is 4.74 Å². The average molecular weight is 260 g/mol. The Morgan fingerprint density at radius 3 is 2.21 bits per heavy atom. The van der Waals surface area contributed by atoms with Crippen molar-refractivity contribution in [3.8, 4) is 0 Å². The molecule has 0 heterocycles. The van der Waals surface area contributed by atoms with Gasteiger partial charge in [0, 0.05) is 12.2 Å². The zero-order chi connectivity index (χ0) is 13.9. The molecule has 1 fully saturated rings. The quantitative estimate of drug-likeness (QED) is 0.757. The van der Waals surface area contributed by atoms with E-state index in [1.807, 2.05) is 37.3 Å². The average Bonchev–Trinajstić information content (AvgIpc) is 2.42. The molecule has 1 saturated carbocycles. The van der Waals surface area contributed by atoms with E-state index in [1.165, 1.54) is 0 Å². The normalized spacial score (nSPS) is 21.0. The zero-order valence-corrected chi connectivity index (χ0v) is 12.2. The molecule has 0 radical (unpaired) electrons. The predicted molar refractivity (Wildman–Crippen MR) is 77.4 cm³/mol. The van der Waals surface area contributed by atoms with Crippen LogP contribution in [0.3, 0.4) is 0 Å². The molecule has 0 bridgehead atoms. The van der Waals surface area contributed by atoms with E-state index in [-0.39, 0.29) is 5.78 Å². The van der Waals surface area contributed by atoms with Gasteiger partial charge >= 0.3 is 0 Å². The Morgan fingerprint density at radius 1 is 1.11 bits per heavy atom. The molecule has 1 aromatic carbocycles. The van der Waals surface area contributed by atoms with Crippen molar-refractivity contribution in [3.63, 3.8) is 0 Å². The number of carbonyl (C=O) groups excluding carboxylic acids is 1. The first-order valence-corrected chi connectivity index (χ1v) is 7.23. The Kier molecular flexibility index (Phi) is 4.10. The third-order valence-corrected chi connectivity index (χ3v) is 4.28. The second-order valence-electron chi connectivity index (χ2n) is 6.29. The third kappa shape index (κ3) is 3.06. The fourth-order valence-corrected chi connectivity index (χ4v) is 2.90. The molecule has 0 spiro atoms. The SMILES string of the molecule is CCOC1(C(=O)c2ccccc2)CCC(C)(C)CC1. The van der Waals surface area contributed by atoms with E-state index in [9.17, 15) is 4.79 Å². The molecule has 2 heteroatoms. The summed E-state index contributed by atoms with van der Waals surface area (Å²) < 4.78 is 5.93. The van der Waals surface area contributed by atoms with Crippen molar-refractivity contribution in [1.29, 1.82) is 0 Å². The zero-order valence-electron chi connectivity index (χ0n) is 12.2. The van der Waals surface area contributed by atoms with Gasteiger partial charge in [0.1, 0.15) is 5.60 Å². The highest BCUT2D eigenvalue weighted by atomic mass is 16.5. The van der Waals surface area contributed by atoms with E-state index >= 15 is 0 Å². The molecular weight excluding hydrogens is 236 g/mol. The van der Waals surface area contributed by atoms with Crippen molar-refractivity contribution < 1.29 is 9.53 Å². The van der Waals surface area contributed by atoms with E-state index in [2.05, 4.69) is 13.8 Å². The van der Waals surface area contributed by atoms with E-state index < -0.39 is 5.60 Å². The molecule has 0 atom stereocenters. The maximum atomic E-state index is 12.8. The molecule has 0 amide bonds. The van der Waals surface area contributed by atoms with Gasteiger partial charge in [0.2, 0.25) is 0 Å². The Labute approximate surface area is 116 Å². The summed E-state index contributed by atoms with van der Waals surface area (Å²) in [6, 6.07) is 9.55. The molecule has 1 aliphatic rings. The number of rotatable bonds is 4. The third-order valence-electron chi connectivity index (χ3n) is 4.28. The molecule has 0 aromatic heterocycles. The second-order valence-corrected chi connectivity index (χ2v) is 6.29. The molecule has 0 N–H and O–H groups in total. The Balaban J connectivity index is 2.23. The maximum absolute atomic E-state index is 12.8. The monoisotopic (exact) mass is 260 g/mol. The van der Waals surface area contributed by atoms with Crippen LogP contribution in [0.5, 0.6) is 0 Å². The molecule has 2 rings (SSSR count). The van der Waals surface area contributed by atoms with Crippen LogP contribution in [0.25, 0.3) is 0 Å². The van der Waals surface area contributed by atoms with Crippen LogP contribution in [0.2, 0.25) is 0 Å². The first kappa shape index (κ1) is 14.3. The van der Waals surface area contributed by atoms with Gasteiger partial charge in [0.25, 0.3) is 0 Å². The first-order chi connectivity index (χ1) is 8.99. The van der Waals surface area contributed by atoms with Crippen molar-refractivity contribution in [2.24, 2.45) is 5.41 Å². The lowest BCUT2D eigenvalue weighted by Crippen LogP contribution is -2.46. The van der Waals surface area contributed by atoms with Crippen LogP contribution in [0.15, 0.2) is 30.3 Å².